The minimum atomic E-state index is -4.56. The Labute approximate surface area is 126 Å². The lowest BCUT2D eigenvalue weighted by Gasteiger charge is -2.16. The molecule has 20 heavy (non-hydrogen) atoms. The van der Waals surface area contributed by atoms with E-state index >= 15 is 0 Å². The van der Waals surface area contributed by atoms with Gasteiger partial charge >= 0.3 is 6.18 Å². The van der Waals surface area contributed by atoms with E-state index in [1.165, 1.54) is 0 Å². The number of hydrogen-bond acceptors (Lipinski definition) is 1. The largest absolute Gasteiger partial charge is 0.416 e. The van der Waals surface area contributed by atoms with Crippen LogP contribution < -0.4 is 5.73 Å². The van der Waals surface area contributed by atoms with E-state index in [9.17, 15) is 17.6 Å². The molecule has 7 heteroatoms. The van der Waals surface area contributed by atoms with Gasteiger partial charge in [-0.25, -0.2) is 4.39 Å². The summed E-state index contributed by atoms with van der Waals surface area (Å²) in [5, 5.41) is -0.546. The summed E-state index contributed by atoms with van der Waals surface area (Å²) in [7, 11) is 0. The van der Waals surface area contributed by atoms with Crippen molar-refractivity contribution in [2.75, 3.05) is 0 Å². The summed E-state index contributed by atoms with van der Waals surface area (Å²) in [6, 6.07) is 0.558. The highest BCUT2D eigenvalue weighted by molar-refractivity contribution is 6.30. The van der Waals surface area contributed by atoms with Gasteiger partial charge in [-0.1, -0.05) is 37.8 Å². The Morgan fingerprint density at radius 2 is 1.85 bits per heavy atom. The number of nitrogens with two attached hydrogens (primary N) is 1. The van der Waals surface area contributed by atoms with Gasteiger partial charge in [-0.2, -0.15) is 13.2 Å². The number of hydrogen-bond donors (Lipinski definition) is 1. The Hall–Kier alpha value is -0.520. The second kappa shape index (κ2) is 8.05. The molecule has 1 atom stereocenters. The van der Waals surface area contributed by atoms with Gasteiger partial charge in [-0.05, 0) is 18.6 Å². The van der Waals surface area contributed by atoms with Crippen molar-refractivity contribution >= 4 is 24.0 Å². The van der Waals surface area contributed by atoms with E-state index in [1.54, 1.807) is 0 Å². The Morgan fingerprint density at radius 3 is 2.35 bits per heavy atom. The van der Waals surface area contributed by atoms with Crippen molar-refractivity contribution in [3.63, 3.8) is 0 Å². The lowest BCUT2D eigenvalue weighted by atomic mass is 9.98. The third-order valence-electron chi connectivity index (χ3n) is 2.90. The first-order valence-electron chi connectivity index (χ1n) is 6.09. The molecule has 0 saturated heterocycles. The molecule has 0 spiro atoms. The van der Waals surface area contributed by atoms with E-state index in [1.807, 2.05) is 6.92 Å². The Morgan fingerprint density at radius 1 is 1.25 bits per heavy atom. The molecule has 1 nitrogen and oxygen atoms in total. The molecule has 0 aliphatic carbocycles. The molecule has 0 bridgehead atoms. The predicted octanol–water partition coefficient (Wildman–Crippen LogP) is 5.50. The van der Waals surface area contributed by atoms with Gasteiger partial charge in [0.2, 0.25) is 0 Å². The van der Waals surface area contributed by atoms with Crippen molar-refractivity contribution in [2.45, 2.75) is 44.8 Å². The second-order valence-corrected chi connectivity index (χ2v) is 4.87. The molecular formula is C13H17Cl2F4N. The van der Waals surface area contributed by atoms with Gasteiger partial charge in [0.1, 0.15) is 5.82 Å². The summed E-state index contributed by atoms with van der Waals surface area (Å²) in [6.45, 7) is 1.99. The molecule has 0 fully saturated rings. The maximum absolute atomic E-state index is 13.8. The molecule has 0 saturated carbocycles. The van der Waals surface area contributed by atoms with Crippen molar-refractivity contribution < 1.29 is 17.6 Å². The van der Waals surface area contributed by atoms with Gasteiger partial charge in [0.05, 0.1) is 10.6 Å². The average Bonchev–Trinajstić information content (AvgIpc) is 2.31. The maximum Gasteiger partial charge on any atom is 0.416 e. The van der Waals surface area contributed by atoms with E-state index in [0.717, 1.165) is 25.3 Å². The van der Waals surface area contributed by atoms with Crippen molar-refractivity contribution in [2.24, 2.45) is 5.73 Å². The minimum absolute atomic E-state index is 0. The smallest absolute Gasteiger partial charge is 0.324 e. The van der Waals surface area contributed by atoms with E-state index in [4.69, 9.17) is 17.3 Å². The molecule has 1 rings (SSSR count). The second-order valence-electron chi connectivity index (χ2n) is 4.46. The van der Waals surface area contributed by atoms with Crippen LogP contribution in [0.3, 0.4) is 0 Å². The Kier molecular flexibility index (Phi) is 7.84. The fourth-order valence-corrected chi connectivity index (χ4v) is 2.04. The van der Waals surface area contributed by atoms with Crippen LogP contribution in [0.5, 0.6) is 0 Å². The van der Waals surface area contributed by atoms with Gasteiger partial charge in [0, 0.05) is 11.6 Å². The number of alkyl halides is 3. The fraction of sp³-hybridized carbons (Fsp3) is 0.538. The molecule has 1 aromatic rings. The fourth-order valence-electron chi connectivity index (χ4n) is 1.81. The van der Waals surface area contributed by atoms with Gasteiger partial charge in [0.15, 0.2) is 0 Å². The van der Waals surface area contributed by atoms with Crippen molar-refractivity contribution in [3.8, 4) is 0 Å². The van der Waals surface area contributed by atoms with Crippen molar-refractivity contribution in [1.29, 1.82) is 0 Å². The first-order valence-corrected chi connectivity index (χ1v) is 6.46. The van der Waals surface area contributed by atoms with Crippen LogP contribution in [0.15, 0.2) is 12.1 Å². The zero-order valence-corrected chi connectivity index (χ0v) is 12.5. The number of halogens is 6. The van der Waals surface area contributed by atoms with Crippen molar-refractivity contribution in [3.05, 3.63) is 34.1 Å². The SMILES string of the molecule is CCCCC[C@H](N)c1cc(C(F)(F)F)cc(Cl)c1F.Cl. The van der Waals surface area contributed by atoms with Gasteiger partial charge in [-0.3, -0.25) is 0 Å². The summed E-state index contributed by atoms with van der Waals surface area (Å²) in [4.78, 5) is 0. The molecule has 0 aromatic heterocycles. The molecule has 116 valence electrons. The topological polar surface area (TPSA) is 26.0 Å². The van der Waals surface area contributed by atoms with Crippen LogP contribution in [0.4, 0.5) is 17.6 Å². The normalized spacial score (nSPS) is 12.9. The first-order chi connectivity index (χ1) is 8.77. The molecule has 2 N–H and O–H groups in total. The number of rotatable bonds is 5. The molecule has 0 aliphatic rings. The third kappa shape index (κ3) is 5.11. The van der Waals surface area contributed by atoms with Crippen LogP contribution in [0.2, 0.25) is 5.02 Å². The van der Waals surface area contributed by atoms with Crippen LogP contribution in [-0.4, -0.2) is 0 Å². The number of benzene rings is 1. The standard InChI is InChI=1S/C13H16ClF4N.ClH/c1-2-3-4-5-11(19)9-6-8(13(16,17)18)7-10(14)12(9)15;/h6-7,11H,2-5,19H2,1H3;1H/t11-;/m0./s1. The molecule has 0 unspecified atom stereocenters. The van der Waals surface area contributed by atoms with E-state index in [2.05, 4.69) is 0 Å². The highest BCUT2D eigenvalue weighted by Gasteiger charge is 2.32. The highest BCUT2D eigenvalue weighted by Crippen LogP contribution is 2.35. The van der Waals surface area contributed by atoms with Crippen LogP contribution in [0.1, 0.15) is 49.8 Å². The zero-order chi connectivity index (χ0) is 14.6. The summed E-state index contributed by atoms with van der Waals surface area (Å²) < 4.78 is 51.6. The van der Waals surface area contributed by atoms with Crippen LogP contribution in [0.25, 0.3) is 0 Å². The molecule has 0 aliphatic heterocycles. The summed E-state index contributed by atoms with van der Waals surface area (Å²) >= 11 is 5.50. The molecule has 1 aromatic carbocycles. The molecular weight excluding hydrogens is 317 g/mol. The predicted molar refractivity (Wildman–Crippen MR) is 74.7 cm³/mol. The third-order valence-corrected chi connectivity index (χ3v) is 3.18. The van der Waals surface area contributed by atoms with E-state index in [-0.39, 0.29) is 18.0 Å². The van der Waals surface area contributed by atoms with Crippen molar-refractivity contribution in [1.82, 2.24) is 0 Å². The molecule has 0 radical (unpaired) electrons. The average molecular weight is 334 g/mol. The number of unbranched alkanes of at least 4 members (excludes halogenated alkanes) is 2. The Bertz CT molecular complexity index is 435. The quantitative estimate of drug-likeness (QED) is 0.558. The maximum atomic E-state index is 13.8. The van der Waals surface area contributed by atoms with Gasteiger partial charge < -0.3 is 5.73 Å². The summed E-state index contributed by atoms with van der Waals surface area (Å²) in [5.41, 5.74) is 4.61. The lowest BCUT2D eigenvalue weighted by Crippen LogP contribution is -2.15. The van der Waals surface area contributed by atoms with Crippen LogP contribution >= 0.6 is 24.0 Å². The highest BCUT2D eigenvalue weighted by atomic mass is 35.5. The van der Waals surface area contributed by atoms with Crippen LogP contribution in [0, 0.1) is 5.82 Å². The zero-order valence-electron chi connectivity index (χ0n) is 10.9. The van der Waals surface area contributed by atoms with E-state index < -0.39 is 28.6 Å². The van der Waals surface area contributed by atoms with Gasteiger partial charge in [0.25, 0.3) is 0 Å². The Balaban J connectivity index is 0.00000361. The first kappa shape index (κ1) is 19.5. The lowest BCUT2D eigenvalue weighted by molar-refractivity contribution is -0.137. The summed E-state index contributed by atoms with van der Waals surface area (Å²) in [5.74, 6) is -0.862. The summed E-state index contributed by atoms with van der Waals surface area (Å²) in [6.07, 6.45) is -1.52. The molecule has 0 heterocycles. The monoisotopic (exact) mass is 333 g/mol. The van der Waals surface area contributed by atoms with Crippen LogP contribution in [-0.2, 0) is 6.18 Å². The molecule has 0 amide bonds. The van der Waals surface area contributed by atoms with Gasteiger partial charge in [-0.15, -0.1) is 12.4 Å². The minimum Gasteiger partial charge on any atom is -0.324 e. The van der Waals surface area contributed by atoms with E-state index in [0.29, 0.717) is 12.5 Å².